The van der Waals surface area contributed by atoms with E-state index >= 15 is 0 Å². The van der Waals surface area contributed by atoms with Crippen molar-refractivity contribution in [3.05, 3.63) is 34.4 Å². The van der Waals surface area contributed by atoms with E-state index in [1.165, 1.54) is 5.56 Å². The normalized spacial score (nSPS) is 12.8. The van der Waals surface area contributed by atoms with Gasteiger partial charge in [-0.15, -0.1) is 0 Å². The lowest BCUT2D eigenvalue weighted by Crippen LogP contribution is -2.25. The van der Waals surface area contributed by atoms with Gasteiger partial charge < -0.3 is 15.2 Å². The highest BCUT2D eigenvalue weighted by Crippen LogP contribution is 2.22. The SMILES string of the molecule is COCCNCC(O)c1c(C)cc(C)cc1C. The van der Waals surface area contributed by atoms with E-state index in [2.05, 4.69) is 24.4 Å². The quantitative estimate of drug-likeness (QED) is 0.742. The van der Waals surface area contributed by atoms with Crippen molar-refractivity contribution in [2.24, 2.45) is 0 Å². The van der Waals surface area contributed by atoms with E-state index in [1.807, 2.05) is 13.8 Å². The molecule has 0 saturated carbocycles. The molecule has 3 heteroatoms. The first-order valence-corrected chi connectivity index (χ1v) is 6.01. The van der Waals surface area contributed by atoms with Gasteiger partial charge in [-0.05, 0) is 37.5 Å². The molecule has 0 heterocycles. The zero-order valence-electron chi connectivity index (χ0n) is 11.2. The largest absolute Gasteiger partial charge is 0.387 e. The predicted molar refractivity (Wildman–Crippen MR) is 70.4 cm³/mol. The van der Waals surface area contributed by atoms with Crippen LogP contribution in [0.1, 0.15) is 28.4 Å². The van der Waals surface area contributed by atoms with Crippen molar-refractivity contribution < 1.29 is 9.84 Å². The van der Waals surface area contributed by atoms with E-state index in [4.69, 9.17) is 4.74 Å². The van der Waals surface area contributed by atoms with Crippen LogP contribution in [-0.2, 0) is 4.74 Å². The average Bonchev–Trinajstić information content (AvgIpc) is 2.23. The number of aryl methyl sites for hydroxylation is 3. The van der Waals surface area contributed by atoms with Crippen LogP contribution in [0.5, 0.6) is 0 Å². The van der Waals surface area contributed by atoms with Crippen molar-refractivity contribution >= 4 is 0 Å². The van der Waals surface area contributed by atoms with Gasteiger partial charge in [0.15, 0.2) is 0 Å². The number of methoxy groups -OCH3 is 1. The number of hydrogen-bond donors (Lipinski definition) is 2. The van der Waals surface area contributed by atoms with E-state index in [1.54, 1.807) is 7.11 Å². The number of rotatable bonds is 6. The lowest BCUT2D eigenvalue weighted by molar-refractivity contribution is 0.160. The first-order valence-electron chi connectivity index (χ1n) is 6.01. The number of ether oxygens (including phenoxy) is 1. The summed E-state index contributed by atoms with van der Waals surface area (Å²) in [5.74, 6) is 0. The second-order valence-corrected chi connectivity index (χ2v) is 4.53. The molecule has 1 aromatic rings. The van der Waals surface area contributed by atoms with E-state index in [0.29, 0.717) is 13.2 Å². The summed E-state index contributed by atoms with van der Waals surface area (Å²) in [5.41, 5.74) is 4.59. The summed E-state index contributed by atoms with van der Waals surface area (Å²) in [6, 6.07) is 4.22. The van der Waals surface area contributed by atoms with E-state index in [-0.39, 0.29) is 0 Å². The smallest absolute Gasteiger partial charge is 0.0919 e. The lowest BCUT2D eigenvalue weighted by atomic mass is 9.95. The molecule has 0 aromatic heterocycles. The maximum atomic E-state index is 10.2. The van der Waals surface area contributed by atoms with Crippen LogP contribution in [0.15, 0.2) is 12.1 Å². The minimum absolute atomic E-state index is 0.451. The molecule has 0 bridgehead atoms. The minimum Gasteiger partial charge on any atom is -0.387 e. The molecular formula is C14H23NO2. The molecule has 17 heavy (non-hydrogen) atoms. The Morgan fingerprint density at radius 3 is 2.35 bits per heavy atom. The highest BCUT2D eigenvalue weighted by atomic mass is 16.5. The number of aliphatic hydroxyl groups is 1. The number of benzene rings is 1. The van der Waals surface area contributed by atoms with Gasteiger partial charge in [0.05, 0.1) is 12.7 Å². The number of aliphatic hydroxyl groups excluding tert-OH is 1. The third-order valence-corrected chi connectivity index (χ3v) is 2.89. The number of hydrogen-bond acceptors (Lipinski definition) is 3. The Labute approximate surface area is 104 Å². The van der Waals surface area contributed by atoms with Gasteiger partial charge in [0, 0.05) is 20.2 Å². The highest BCUT2D eigenvalue weighted by Gasteiger charge is 2.13. The Morgan fingerprint density at radius 1 is 1.24 bits per heavy atom. The summed E-state index contributed by atoms with van der Waals surface area (Å²) in [7, 11) is 1.67. The Kier molecular flexibility index (Phi) is 5.62. The average molecular weight is 237 g/mol. The summed E-state index contributed by atoms with van der Waals surface area (Å²) in [6.45, 7) is 8.17. The molecule has 0 radical (unpaired) electrons. The maximum Gasteiger partial charge on any atom is 0.0919 e. The minimum atomic E-state index is -0.451. The Hall–Kier alpha value is -0.900. The van der Waals surface area contributed by atoms with Gasteiger partial charge in [-0.3, -0.25) is 0 Å². The molecule has 1 unspecified atom stereocenters. The molecule has 0 saturated heterocycles. The fourth-order valence-electron chi connectivity index (χ4n) is 2.23. The van der Waals surface area contributed by atoms with Crippen LogP contribution >= 0.6 is 0 Å². The molecule has 0 spiro atoms. The monoisotopic (exact) mass is 237 g/mol. The molecule has 3 nitrogen and oxygen atoms in total. The highest BCUT2D eigenvalue weighted by molar-refractivity contribution is 5.39. The van der Waals surface area contributed by atoms with Gasteiger partial charge in [-0.1, -0.05) is 17.7 Å². The second-order valence-electron chi connectivity index (χ2n) is 4.53. The molecule has 0 amide bonds. The van der Waals surface area contributed by atoms with Crippen LogP contribution < -0.4 is 5.32 Å². The van der Waals surface area contributed by atoms with Crippen LogP contribution in [0, 0.1) is 20.8 Å². The summed E-state index contributed by atoms with van der Waals surface area (Å²) >= 11 is 0. The standard InChI is InChI=1S/C14H23NO2/c1-10-7-11(2)14(12(3)8-10)13(16)9-15-5-6-17-4/h7-8,13,15-16H,5-6,9H2,1-4H3. The van der Waals surface area contributed by atoms with Gasteiger partial charge >= 0.3 is 0 Å². The van der Waals surface area contributed by atoms with E-state index < -0.39 is 6.10 Å². The van der Waals surface area contributed by atoms with Gasteiger partial charge in [0.25, 0.3) is 0 Å². The molecule has 1 aromatic carbocycles. The van der Waals surface area contributed by atoms with E-state index in [0.717, 1.165) is 23.2 Å². The Morgan fingerprint density at radius 2 is 1.82 bits per heavy atom. The summed E-state index contributed by atoms with van der Waals surface area (Å²) < 4.78 is 4.95. The molecule has 0 aliphatic heterocycles. The molecule has 0 fully saturated rings. The zero-order valence-corrected chi connectivity index (χ0v) is 11.2. The van der Waals surface area contributed by atoms with Crippen molar-refractivity contribution in [2.75, 3.05) is 26.8 Å². The van der Waals surface area contributed by atoms with Gasteiger partial charge in [0.2, 0.25) is 0 Å². The fourth-order valence-corrected chi connectivity index (χ4v) is 2.23. The van der Waals surface area contributed by atoms with Crippen molar-refractivity contribution in [1.29, 1.82) is 0 Å². The Balaban J connectivity index is 2.65. The van der Waals surface area contributed by atoms with Crippen LogP contribution in [0.2, 0.25) is 0 Å². The van der Waals surface area contributed by atoms with Crippen LogP contribution in [0.3, 0.4) is 0 Å². The number of nitrogens with one attached hydrogen (secondary N) is 1. The topological polar surface area (TPSA) is 41.5 Å². The zero-order chi connectivity index (χ0) is 12.8. The van der Waals surface area contributed by atoms with Crippen molar-refractivity contribution in [3.8, 4) is 0 Å². The van der Waals surface area contributed by atoms with Crippen LogP contribution in [-0.4, -0.2) is 31.9 Å². The molecular weight excluding hydrogens is 214 g/mol. The fraction of sp³-hybridized carbons (Fsp3) is 0.571. The molecule has 0 aliphatic rings. The van der Waals surface area contributed by atoms with Crippen molar-refractivity contribution in [3.63, 3.8) is 0 Å². The molecule has 96 valence electrons. The third kappa shape index (κ3) is 4.11. The van der Waals surface area contributed by atoms with Crippen molar-refractivity contribution in [2.45, 2.75) is 26.9 Å². The van der Waals surface area contributed by atoms with Crippen LogP contribution in [0.4, 0.5) is 0 Å². The molecule has 0 aliphatic carbocycles. The summed E-state index contributed by atoms with van der Waals surface area (Å²) in [4.78, 5) is 0. The second kappa shape index (κ2) is 6.74. The van der Waals surface area contributed by atoms with Gasteiger partial charge in [-0.25, -0.2) is 0 Å². The first kappa shape index (κ1) is 14.2. The first-order chi connectivity index (χ1) is 8.06. The third-order valence-electron chi connectivity index (χ3n) is 2.89. The Bertz CT molecular complexity index is 340. The molecule has 1 atom stereocenters. The van der Waals surface area contributed by atoms with Gasteiger partial charge in [0.1, 0.15) is 0 Å². The van der Waals surface area contributed by atoms with Crippen molar-refractivity contribution in [1.82, 2.24) is 5.32 Å². The van der Waals surface area contributed by atoms with Crippen LogP contribution in [0.25, 0.3) is 0 Å². The molecule has 1 rings (SSSR count). The predicted octanol–water partition coefficient (Wildman–Crippen LogP) is 1.88. The summed E-state index contributed by atoms with van der Waals surface area (Å²) in [5, 5.41) is 13.3. The summed E-state index contributed by atoms with van der Waals surface area (Å²) in [6.07, 6.45) is -0.451. The van der Waals surface area contributed by atoms with E-state index in [9.17, 15) is 5.11 Å². The maximum absolute atomic E-state index is 10.2. The lowest BCUT2D eigenvalue weighted by Gasteiger charge is -2.18. The van der Waals surface area contributed by atoms with Gasteiger partial charge in [-0.2, -0.15) is 0 Å². The molecule has 2 N–H and O–H groups in total.